The Labute approximate surface area is 155 Å². The molecule has 4 heterocycles. The van der Waals surface area contributed by atoms with E-state index in [2.05, 4.69) is 15.1 Å². The number of thiophene rings is 1. The first-order chi connectivity index (χ1) is 12.5. The Balaban J connectivity index is 1.46. The van der Waals surface area contributed by atoms with E-state index in [-0.39, 0.29) is 10.9 Å². The number of piperidine rings is 1. The average molecular weight is 393 g/mol. The summed E-state index contributed by atoms with van der Waals surface area (Å²) in [7, 11) is -1.80. The van der Waals surface area contributed by atoms with E-state index >= 15 is 0 Å². The molecule has 4 rings (SSSR count). The molecule has 0 aliphatic carbocycles. The third-order valence-electron chi connectivity index (χ3n) is 4.48. The SMILES string of the molecule is Cn1cnc(S(=O)(=O)N2CCC[C@H](Cc3nc(-c4ccsc4)no3)C2)c1. The van der Waals surface area contributed by atoms with Gasteiger partial charge in [0.25, 0.3) is 10.0 Å². The minimum atomic E-state index is -3.56. The molecule has 0 radical (unpaired) electrons. The second-order valence-corrected chi connectivity index (χ2v) is 9.14. The fourth-order valence-electron chi connectivity index (χ4n) is 3.16. The summed E-state index contributed by atoms with van der Waals surface area (Å²) >= 11 is 1.58. The van der Waals surface area contributed by atoms with Crippen LogP contribution < -0.4 is 0 Å². The molecule has 3 aromatic rings. The monoisotopic (exact) mass is 393 g/mol. The van der Waals surface area contributed by atoms with Crippen LogP contribution in [0, 0.1) is 5.92 Å². The highest BCUT2D eigenvalue weighted by Crippen LogP contribution is 2.26. The molecule has 138 valence electrons. The molecule has 0 saturated carbocycles. The van der Waals surface area contributed by atoms with Crippen molar-refractivity contribution in [1.29, 1.82) is 0 Å². The molecule has 0 bridgehead atoms. The van der Waals surface area contributed by atoms with Crippen molar-refractivity contribution in [2.75, 3.05) is 13.1 Å². The van der Waals surface area contributed by atoms with Crippen LogP contribution in [0.5, 0.6) is 0 Å². The fourth-order valence-corrected chi connectivity index (χ4v) is 5.32. The highest BCUT2D eigenvalue weighted by molar-refractivity contribution is 7.89. The van der Waals surface area contributed by atoms with Crippen LogP contribution in [0.3, 0.4) is 0 Å². The predicted octanol–water partition coefficient (Wildman–Crippen LogP) is 2.17. The first-order valence-electron chi connectivity index (χ1n) is 8.35. The van der Waals surface area contributed by atoms with Gasteiger partial charge in [0.05, 0.1) is 6.33 Å². The number of sulfonamides is 1. The maximum absolute atomic E-state index is 12.8. The lowest BCUT2D eigenvalue weighted by molar-refractivity contribution is 0.246. The topological polar surface area (TPSA) is 94.1 Å². The molecule has 1 aliphatic heterocycles. The third-order valence-corrected chi connectivity index (χ3v) is 6.91. The lowest BCUT2D eigenvalue weighted by Gasteiger charge is -2.30. The van der Waals surface area contributed by atoms with Gasteiger partial charge in [-0.2, -0.15) is 20.6 Å². The molecular weight excluding hydrogens is 374 g/mol. The normalized spacial score (nSPS) is 19.0. The molecule has 0 unspecified atom stereocenters. The summed E-state index contributed by atoms with van der Waals surface area (Å²) in [5.74, 6) is 1.28. The number of imidazole rings is 1. The smallest absolute Gasteiger partial charge is 0.262 e. The largest absolute Gasteiger partial charge is 0.339 e. The van der Waals surface area contributed by atoms with Crippen molar-refractivity contribution in [3.8, 4) is 11.4 Å². The van der Waals surface area contributed by atoms with Crippen LogP contribution in [0.1, 0.15) is 18.7 Å². The summed E-state index contributed by atoms with van der Waals surface area (Å²) in [6.07, 6.45) is 5.35. The van der Waals surface area contributed by atoms with Gasteiger partial charge in [0.1, 0.15) is 0 Å². The molecule has 1 saturated heterocycles. The van der Waals surface area contributed by atoms with Crippen LogP contribution in [0.4, 0.5) is 0 Å². The van der Waals surface area contributed by atoms with Crippen LogP contribution in [-0.4, -0.2) is 45.5 Å². The van der Waals surface area contributed by atoms with Gasteiger partial charge in [-0.25, -0.2) is 13.4 Å². The van der Waals surface area contributed by atoms with Gasteiger partial charge in [0.15, 0.2) is 5.03 Å². The zero-order chi connectivity index (χ0) is 18.1. The molecule has 0 N–H and O–H groups in total. The summed E-state index contributed by atoms with van der Waals surface area (Å²) < 4.78 is 34.0. The van der Waals surface area contributed by atoms with Gasteiger partial charge in [-0.15, -0.1) is 0 Å². The van der Waals surface area contributed by atoms with E-state index in [1.54, 1.807) is 23.0 Å². The van der Waals surface area contributed by atoms with E-state index in [1.165, 1.54) is 16.8 Å². The fraction of sp³-hybridized carbons (Fsp3) is 0.438. The zero-order valence-electron chi connectivity index (χ0n) is 14.3. The lowest BCUT2D eigenvalue weighted by Crippen LogP contribution is -2.40. The summed E-state index contributed by atoms with van der Waals surface area (Å²) in [4.78, 5) is 8.44. The molecule has 8 nitrogen and oxygen atoms in total. The standard InChI is InChI=1S/C16H19N5O3S2/c1-20-9-15(17-11-20)26(22,23)21-5-2-3-12(8-21)7-14-18-16(19-24-14)13-4-6-25-10-13/h4,6,9-12H,2-3,5,7-8H2,1H3/t12-/m1/s1. The van der Waals surface area contributed by atoms with Crippen molar-refractivity contribution in [3.63, 3.8) is 0 Å². The molecule has 1 atom stereocenters. The van der Waals surface area contributed by atoms with E-state index in [0.717, 1.165) is 18.4 Å². The van der Waals surface area contributed by atoms with Crippen LogP contribution >= 0.6 is 11.3 Å². The molecule has 26 heavy (non-hydrogen) atoms. The molecule has 1 aliphatic rings. The van der Waals surface area contributed by atoms with E-state index in [4.69, 9.17) is 4.52 Å². The van der Waals surface area contributed by atoms with Crippen molar-refractivity contribution in [2.45, 2.75) is 24.3 Å². The summed E-state index contributed by atoms with van der Waals surface area (Å²) in [6, 6.07) is 1.95. The minimum absolute atomic E-state index is 0.0955. The number of aromatic nitrogens is 4. The van der Waals surface area contributed by atoms with Gasteiger partial charge in [0, 0.05) is 43.7 Å². The molecule has 0 aromatic carbocycles. The van der Waals surface area contributed by atoms with Gasteiger partial charge in [-0.05, 0) is 30.2 Å². The summed E-state index contributed by atoms with van der Waals surface area (Å²) in [5.41, 5.74) is 0.938. The Morgan fingerprint density at radius 2 is 2.31 bits per heavy atom. The van der Waals surface area contributed by atoms with Crippen LogP contribution in [-0.2, 0) is 23.5 Å². The van der Waals surface area contributed by atoms with Crippen molar-refractivity contribution in [2.24, 2.45) is 13.0 Å². The highest BCUT2D eigenvalue weighted by Gasteiger charge is 2.32. The Hall–Kier alpha value is -2.04. The van der Waals surface area contributed by atoms with Gasteiger partial charge >= 0.3 is 0 Å². The molecule has 0 spiro atoms. The summed E-state index contributed by atoms with van der Waals surface area (Å²) in [6.45, 7) is 0.953. The molecule has 0 amide bonds. The van der Waals surface area contributed by atoms with Crippen molar-refractivity contribution < 1.29 is 12.9 Å². The third kappa shape index (κ3) is 3.44. The van der Waals surface area contributed by atoms with E-state index in [1.807, 2.05) is 16.8 Å². The Kier molecular flexibility index (Phi) is 4.63. The van der Waals surface area contributed by atoms with Crippen LogP contribution in [0.2, 0.25) is 0 Å². The Morgan fingerprint density at radius 1 is 1.42 bits per heavy atom. The van der Waals surface area contributed by atoms with Crippen molar-refractivity contribution in [3.05, 3.63) is 35.2 Å². The number of hydrogen-bond donors (Lipinski definition) is 0. The molecule has 3 aromatic heterocycles. The van der Waals surface area contributed by atoms with Crippen molar-refractivity contribution in [1.82, 2.24) is 24.0 Å². The van der Waals surface area contributed by atoms with Gasteiger partial charge in [-0.1, -0.05) is 5.16 Å². The minimum Gasteiger partial charge on any atom is -0.339 e. The second kappa shape index (κ2) is 6.93. The number of hydrogen-bond acceptors (Lipinski definition) is 7. The maximum Gasteiger partial charge on any atom is 0.262 e. The molecular formula is C16H19N5O3S2. The first kappa shape index (κ1) is 17.4. The molecule has 1 fully saturated rings. The second-order valence-electron chi connectivity index (χ2n) is 6.48. The maximum atomic E-state index is 12.8. The first-order valence-corrected chi connectivity index (χ1v) is 10.7. The van der Waals surface area contributed by atoms with E-state index in [9.17, 15) is 8.42 Å². The number of rotatable bonds is 5. The van der Waals surface area contributed by atoms with Crippen LogP contribution in [0.25, 0.3) is 11.4 Å². The highest BCUT2D eigenvalue weighted by atomic mass is 32.2. The Bertz CT molecular complexity index is 977. The number of aryl methyl sites for hydroxylation is 1. The van der Waals surface area contributed by atoms with Gasteiger partial charge in [0.2, 0.25) is 11.7 Å². The zero-order valence-corrected chi connectivity index (χ0v) is 15.9. The molecule has 10 heteroatoms. The van der Waals surface area contributed by atoms with Crippen molar-refractivity contribution >= 4 is 21.4 Å². The lowest BCUT2D eigenvalue weighted by atomic mass is 9.96. The Morgan fingerprint density at radius 3 is 3.04 bits per heavy atom. The van der Waals surface area contributed by atoms with Gasteiger partial charge < -0.3 is 9.09 Å². The van der Waals surface area contributed by atoms with E-state index in [0.29, 0.717) is 31.2 Å². The van der Waals surface area contributed by atoms with E-state index < -0.39 is 10.0 Å². The quantitative estimate of drug-likeness (QED) is 0.659. The predicted molar refractivity (Wildman–Crippen MR) is 96.0 cm³/mol. The summed E-state index contributed by atoms with van der Waals surface area (Å²) in [5, 5.41) is 8.05. The van der Waals surface area contributed by atoms with Crippen LogP contribution in [0.15, 0.2) is 38.9 Å². The van der Waals surface area contributed by atoms with Gasteiger partial charge in [-0.3, -0.25) is 0 Å². The average Bonchev–Trinajstić information content (AvgIpc) is 3.36. The number of nitrogens with zero attached hydrogens (tertiary/aromatic N) is 5.